The van der Waals surface area contributed by atoms with Crippen molar-refractivity contribution in [2.24, 2.45) is 0 Å². The van der Waals surface area contributed by atoms with Gasteiger partial charge < -0.3 is 8.98 Å². The maximum atomic E-state index is 13.2. The molecule has 1 aliphatic carbocycles. The number of benzene rings is 2. The molecular formula is C22H16BrNO3. The predicted molar refractivity (Wildman–Crippen MR) is 108 cm³/mol. The number of halogens is 1. The Morgan fingerprint density at radius 3 is 2.52 bits per heavy atom. The van der Waals surface area contributed by atoms with Gasteiger partial charge in [0.15, 0.2) is 11.5 Å². The van der Waals surface area contributed by atoms with Crippen LogP contribution in [-0.2, 0) is 6.54 Å². The molecule has 0 bridgehead atoms. The Hall–Kier alpha value is -2.66. The zero-order valence-corrected chi connectivity index (χ0v) is 16.3. The first-order valence-corrected chi connectivity index (χ1v) is 9.83. The van der Waals surface area contributed by atoms with Gasteiger partial charge in [0, 0.05) is 27.5 Å². The SMILES string of the molecule is CCCCn1c2cc(Br)ccc2c2c3c(oc21)C(=O)c1ccccc1C3=O. The van der Waals surface area contributed by atoms with Crippen LogP contribution in [0.2, 0.25) is 0 Å². The lowest BCUT2D eigenvalue weighted by Gasteiger charge is -2.13. The lowest BCUT2D eigenvalue weighted by atomic mass is 9.87. The third kappa shape index (κ3) is 2.21. The molecule has 4 aromatic rings. The molecular weight excluding hydrogens is 406 g/mol. The first kappa shape index (κ1) is 16.5. The molecule has 0 aliphatic heterocycles. The minimum Gasteiger partial charge on any atom is -0.435 e. The van der Waals surface area contributed by atoms with Gasteiger partial charge in [0.1, 0.15) is 0 Å². The van der Waals surface area contributed by atoms with E-state index in [2.05, 4.69) is 27.4 Å². The van der Waals surface area contributed by atoms with Crippen LogP contribution in [0.5, 0.6) is 0 Å². The number of furan rings is 1. The van der Waals surface area contributed by atoms with Crippen LogP contribution in [0.15, 0.2) is 51.4 Å². The number of hydrogen-bond donors (Lipinski definition) is 0. The molecule has 0 atom stereocenters. The Morgan fingerprint density at radius 1 is 1.04 bits per heavy atom. The maximum absolute atomic E-state index is 13.2. The number of ketones is 2. The normalized spacial score (nSPS) is 13.4. The van der Waals surface area contributed by atoms with Crippen LogP contribution < -0.4 is 0 Å². The van der Waals surface area contributed by atoms with E-state index in [-0.39, 0.29) is 17.3 Å². The van der Waals surface area contributed by atoms with E-state index in [4.69, 9.17) is 4.42 Å². The molecule has 2 heterocycles. The van der Waals surface area contributed by atoms with Gasteiger partial charge in [-0.05, 0) is 18.6 Å². The molecule has 0 spiro atoms. The topological polar surface area (TPSA) is 52.2 Å². The minimum absolute atomic E-state index is 0.142. The van der Waals surface area contributed by atoms with Gasteiger partial charge in [-0.15, -0.1) is 0 Å². The largest absolute Gasteiger partial charge is 0.435 e. The van der Waals surface area contributed by atoms with Crippen molar-refractivity contribution in [3.8, 4) is 0 Å². The van der Waals surface area contributed by atoms with E-state index in [9.17, 15) is 9.59 Å². The fraction of sp³-hybridized carbons (Fsp3) is 0.182. The van der Waals surface area contributed by atoms with Crippen LogP contribution in [0.1, 0.15) is 51.8 Å². The van der Waals surface area contributed by atoms with Gasteiger partial charge in [-0.2, -0.15) is 0 Å². The highest BCUT2D eigenvalue weighted by Crippen LogP contribution is 2.41. The standard InChI is InChI=1S/C22H16BrNO3/c1-2-3-10-24-16-11-12(23)8-9-15(16)17-18-19(25)13-6-4-5-7-14(13)20(26)21(18)27-22(17)24/h4-9,11H,2-3,10H2,1H3. The second-order valence-electron chi connectivity index (χ2n) is 6.86. The van der Waals surface area contributed by atoms with Crippen LogP contribution in [0.3, 0.4) is 0 Å². The zero-order chi connectivity index (χ0) is 18.7. The molecule has 4 nitrogen and oxygen atoms in total. The number of carbonyl (C=O) groups excluding carboxylic acids is 2. The number of unbranched alkanes of at least 4 members (excludes halogenated alkanes) is 1. The first-order chi connectivity index (χ1) is 13.1. The monoisotopic (exact) mass is 421 g/mol. The minimum atomic E-state index is -0.219. The van der Waals surface area contributed by atoms with E-state index in [0.717, 1.165) is 40.1 Å². The van der Waals surface area contributed by atoms with Crippen molar-refractivity contribution in [1.82, 2.24) is 4.57 Å². The summed E-state index contributed by atoms with van der Waals surface area (Å²) >= 11 is 3.53. The fourth-order valence-corrected chi connectivity index (χ4v) is 4.31. The van der Waals surface area contributed by atoms with Crippen molar-refractivity contribution in [2.45, 2.75) is 26.3 Å². The molecule has 1 aliphatic rings. The first-order valence-electron chi connectivity index (χ1n) is 9.04. The Morgan fingerprint density at radius 2 is 1.78 bits per heavy atom. The quantitative estimate of drug-likeness (QED) is 0.373. The van der Waals surface area contributed by atoms with Crippen molar-refractivity contribution < 1.29 is 14.0 Å². The average molecular weight is 422 g/mol. The van der Waals surface area contributed by atoms with E-state index < -0.39 is 0 Å². The number of rotatable bonds is 3. The molecule has 0 fully saturated rings. The second kappa shape index (κ2) is 5.92. The predicted octanol–water partition coefficient (Wildman–Crippen LogP) is 5.73. The lowest BCUT2D eigenvalue weighted by Crippen LogP contribution is -2.19. The van der Waals surface area contributed by atoms with Crippen molar-refractivity contribution >= 4 is 49.5 Å². The van der Waals surface area contributed by atoms with Crippen LogP contribution in [-0.4, -0.2) is 16.1 Å². The molecule has 134 valence electrons. The summed E-state index contributed by atoms with van der Waals surface area (Å²) in [5.41, 5.74) is 2.88. The molecule has 0 N–H and O–H groups in total. The van der Waals surface area contributed by atoms with E-state index in [1.165, 1.54) is 0 Å². The lowest BCUT2D eigenvalue weighted by molar-refractivity contribution is 0.0962. The molecule has 0 saturated carbocycles. The van der Waals surface area contributed by atoms with Gasteiger partial charge in [-0.25, -0.2) is 0 Å². The highest BCUT2D eigenvalue weighted by Gasteiger charge is 2.37. The maximum Gasteiger partial charge on any atom is 0.229 e. The van der Waals surface area contributed by atoms with E-state index in [0.29, 0.717) is 22.4 Å². The van der Waals surface area contributed by atoms with Gasteiger partial charge in [0.25, 0.3) is 0 Å². The van der Waals surface area contributed by atoms with Crippen LogP contribution in [0, 0.1) is 0 Å². The Kier molecular flexibility index (Phi) is 3.62. The van der Waals surface area contributed by atoms with Crippen molar-refractivity contribution in [3.05, 3.63) is 69.4 Å². The van der Waals surface area contributed by atoms with Gasteiger partial charge in [-0.3, -0.25) is 9.59 Å². The summed E-state index contributed by atoms with van der Waals surface area (Å²) < 4.78 is 9.11. The Labute approximate surface area is 163 Å². The summed E-state index contributed by atoms with van der Waals surface area (Å²) in [4.78, 5) is 26.2. The molecule has 27 heavy (non-hydrogen) atoms. The smallest absolute Gasteiger partial charge is 0.229 e. The van der Waals surface area contributed by atoms with E-state index >= 15 is 0 Å². The zero-order valence-electron chi connectivity index (χ0n) is 14.7. The average Bonchev–Trinajstić information content (AvgIpc) is 3.19. The molecule has 5 rings (SSSR count). The highest BCUT2D eigenvalue weighted by molar-refractivity contribution is 9.10. The number of fused-ring (bicyclic) bond motifs is 6. The molecule has 2 aromatic heterocycles. The highest BCUT2D eigenvalue weighted by atomic mass is 79.9. The van der Waals surface area contributed by atoms with Gasteiger partial charge in [0.2, 0.25) is 11.5 Å². The number of carbonyl (C=O) groups is 2. The van der Waals surface area contributed by atoms with Crippen molar-refractivity contribution in [3.63, 3.8) is 0 Å². The molecule has 5 heteroatoms. The van der Waals surface area contributed by atoms with Crippen LogP contribution in [0.4, 0.5) is 0 Å². The molecule has 0 amide bonds. The Bertz CT molecular complexity index is 1260. The number of hydrogen-bond acceptors (Lipinski definition) is 3. The number of aryl methyl sites for hydroxylation is 1. The molecule has 0 saturated heterocycles. The molecule has 2 aromatic carbocycles. The third-order valence-corrected chi connectivity index (χ3v) is 5.73. The summed E-state index contributed by atoms with van der Waals surface area (Å²) in [5, 5.41) is 1.69. The van der Waals surface area contributed by atoms with Crippen molar-refractivity contribution in [1.29, 1.82) is 0 Å². The third-order valence-electron chi connectivity index (χ3n) is 5.24. The van der Waals surface area contributed by atoms with Crippen molar-refractivity contribution in [2.75, 3.05) is 0 Å². The van der Waals surface area contributed by atoms with E-state index in [1.807, 2.05) is 18.2 Å². The number of nitrogens with zero attached hydrogens (tertiary/aromatic N) is 1. The fourth-order valence-electron chi connectivity index (χ4n) is 3.96. The van der Waals surface area contributed by atoms with Gasteiger partial charge in [0.05, 0.1) is 16.5 Å². The van der Waals surface area contributed by atoms with Crippen LogP contribution >= 0.6 is 15.9 Å². The molecule has 0 unspecified atom stereocenters. The summed E-state index contributed by atoms with van der Waals surface area (Å²) in [6.07, 6.45) is 2.03. The molecule has 0 radical (unpaired) electrons. The summed E-state index contributed by atoms with van der Waals surface area (Å²) in [7, 11) is 0. The Balaban J connectivity index is 1.88. The second-order valence-corrected chi connectivity index (χ2v) is 7.77. The summed E-state index contributed by atoms with van der Waals surface area (Å²) in [5.74, 6) is -0.195. The van der Waals surface area contributed by atoms with E-state index in [1.54, 1.807) is 24.3 Å². The van der Waals surface area contributed by atoms with Crippen LogP contribution in [0.25, 0.3) is 22.0 Å². The summed E-state index contributed by atoms with van der Waals surface area (Å²) in [6, 6.07) is 12.9. The van der Waals surface area contributed by atoms with Gasteiger partial charge >= 0.3 is 0 Å². The summed E-state index contributed by atoms with van der Waals surface area (Å²) in [6.45, 7) is 2.91. The van der Waals surface area contributed by atoms with Gasteiger partial charge in [-0.1, -0.05) is 59.6 Å². The number of aromatic nitrogens is 1.